The van der Waals surface area contributed by atoms with Crippen molar-refractivity contribution >= 4 is 27.8 Å². The van der Waals surface area contributed by atoms with Crippen molar-refractivity contribution in [2.24, 2.45) is 0 Å². The van der Waals surface area contributed by atoms with E-state index in [1.165, 1.54) is 33.0 Å². The van der Waals surface area contributed by atoms with Crippen molar-refractivity contribution in [3.8, 4) is 17.2 Å². The molecule has 0 radical (unpaired) electrons. The fraction of sp³-hybridized carbons (Fsp3) is 0.238. The molecule has 4 rings (SSSR count). The summed E-state index contributed by atoms with van der Waals surface area (Å²) in [5.74, 6) is 0.423. The van der Waals surface area contributed by atoms with E-state index in [1.54, 1.807) is 29.6 Å². The van der Waals surface area contributed by atoms with Gasteiger partial charge in [-0.25, -0.2) is 13.8 Å². The Labute approximate surface area is 165 Å². The van der Waals surface area contributed by atoms with Gasteiger partial charge in [-0.05, 0) is 19.1 Å². The van der Waals surface area contributed by atoms with Crippen molar-refractivity contribution in [1.82, 2.24) is 9.03 Å². The average Bonchev–Trinajstić information content (AvgIpc) is 3.05. The molecule has 0 N–H and O–H groups in total. The van der Waals surface area contributed by atoms with Crippen LogP contribution < -0.4 is 19.8 Å². The van der Waals surface area contributed by atoms with E-state index in [4.69, 9.17) is 18.9 Å². The lowest BCUT2D eigenvalue weighted by atomic mass is 10.0. The number of methoxy groups -OCH3 is 4. The van der Waals surface area contributed by atoms with Gasteiger partial charge in [0.25, 0.3) is 5.56 Å². The van der Waals surface area contributed by atoms with Gasteiger partial charge in [0.15, 0.2) is 11.5 Å². The summed E-state index contributed by atoms with van der Waals surface area (Å²) in [5.41, 5.74) is 1.70. The normalized spacial score (nSPS) is 11.2. The number of nitrogens with zero attached hydrogens (tertiary/aromatic N) is 2. The third-order valence-electron chi connectivity index (χ3n) is 5.11. The van der Waals surface area contributed by atoms with Crippen LogP contribution in [-0.2, 0) is 4.74 Å². The number of hydrogen-bond donors (Lipinski definition) is 0. The molecule has 0 amide bonds. The summed E-state index contributed by atoms with van der Waals surface area (Å²) >= 11 is 0. The van der Waals surface area contributed by atoms with Crippen LogP contribution in [0.1, 0.15) is 16.1 Å². The first-order valence-corrected chi connectivity index (χ1v) is 8.86. The van der Waals surface area contributed by atoms with Crippen LogP contribution in [0.2, 0.25) is 0 Å². The number of benzene rings is 2. The van der Waals surface area contributed by atoms with Gasteiger partial charge in [-0.1, -0.05) is 12.1 Å². The van der Waals surface area contributed by atoms with Gasteiger partial charge in [-0.2, -0.15) is 0 Å². The molecule has 8 heteroatoms. The molecule has 0 unspecified atom stereocenters. The van der Waals surface area contributed by atoms with Gasteiger partial charge in [0, 0.05) is 6.07 Å². The third kappa shape index (κ3) is 2.38. The van der Waals surface area contributed by atoms with Crippen LogP contribution in [0.3, 0.4) is 0 Å². The minimum Gasteiger partial charge on any atom is -0.493 e. The number of ether oxygens (including phenoxy) is 4. The van der Waals surface area contributed by atoms with E-state index in [2.05, 4.69) is 0 Å². The number of rotatable bonds is 4. The highest BCUT2D eigenvalue weighted by Gasteiger charge is 2.28. The molecule has 2 aromatic heterocycles. The predicted molar refractivity (Wildman–Crippen MR) is 108 cm³/mol. The fourth-order valence-electron chi connectivity index (χ4n) is 3.89. The molecule has 0 atom stereocenters. The highest BCUT2D eigenvalue weighted by Crippen LogP contribution is 2.45. The first kappa shape index (κ1) is 18.7. The molecule has 8 nitrogen and oxygen atoms in total. The van der Waals surface area contributed by atoms with Crippen molar-refractivity contribution in [2.45, 2.75) is 6.92 Å². The van der Waals surface area contributed by atoms with E-state index in [-0.39, 0.29) is 16.9 Å². The number of esters is 1. The van der Waals surface area contributed by atoms with Gasteiger partial charge in [-0.3, -0.25) is 4.79 Å². The van der Waals surface area contributed by atoms with Crippen molar-refractivity contribution in [1.29, 1.82) is 0 Å². The standard InChI is InChI=1S/C21H20N2O6/c1-11-16(21(25)29-5)17-14(10-15(26-2)18(27-3)19(17)28-4)23-20(24)12-8-6-7-9-13(12)22(11)23/h6-10H,1-5H3. The summed E-state index contributed by atoms with van der Waals surface area (Å²) in [6.07, 6.45) is 0. The lowest BCUT2D eigenvalue weighted by molar-refractivity contribution is 0.0601. The quantitative estimate of drug-likeness (QED) is 0.494. The van der Waals surface area contributed by atoms with Crippen LogP contribution in [0.25, 0.3) is 21.8 Å². The number of fused-ring (bicyclic) bond motifs is 5. The minimum atomic E-state index is -0.550. The second-order valence-corrected chi connectivity index (χ2v) is 6.44. The topological polar surface area (TPSA) is 79.9 Å². The maximum atomic E-state index is 13.3. The third-order valence-corrected chi connectivity index (χ3v) is 5.11. The molecule has 0 spiro atoms. The zero-order chi connectivity index (χ0) is 20.9. The van der Waals surface area contributed by atoms with Crippen molar-refractivity contribution in [3.63, 3.8) is 0 Å². The van der Waals surface area contributed by atoms with Crippen molar-refractivity contribution < 1.29 is 23.7 Å². The van der Waals surface area contributed by atoms with Gasteiger partial charge in [0.2, 0.25) is 5.75 Å². The van der Waals surface area contributed by atoms with Crippen molar-refractivity contribution in [3.05, 3.63) is 51.9 Å². The summed E-state index contributed by atoms with van der Waals surface area (Å²) in [6.45, 7) is 1.76. The van der Waals surface area contributed by atoms with Gasteiger partial charge in [0.05, 0.1) is 61.5 Å². The first-order valence-electron chi connectivity index (χ1n) is 8.86. The summed E-state index contributed by atoms with van der Waals surface area (Å²) < 4.78 is 24.8. The number of carbonyl (C=O) groups excluding carboxylic acids is 1. The molecule has 2 heterocycles. The van der Waals surface area contributed by atoms with E-state index in [9.17, 15) is 9.59 Å². The molecule has 0 aliphatic rings. The van der Waals surface area contributed by atoms with Crippen LogP contribution in [0.5, 0.6) is 17.2 Å². The lowest BCUT2D eigenvalue weighted by Gasteiger charge is -2.19. The van der Waals surface area contributed by atoms with Crippen LogP contribution in [-0.4, -0.2) is 43.4 Å². The predicted octanol–water partition coefficient (Wildman–Crippen LogP) is 2.83. The second-order valence-electron chi connectivity index (χ2n) is 6.44. The second kappa shape index (κ2) is 6.73. The Morgan fingerprint density at radius 3 is 2.21 bits per heavy atom. The molecule has 29 heavy (non-hydrogen) atoms. The Morgan fingerprint density at radius 1 is 0.897 bits per heavy atom. The fourth-order valence-corrected chi connectivity index (χ4v) is 3.89. The Morgan fingerprint density at radius 2 is 1.59 bits per heavy atom. The minimum absolute atomic E-state index is 0.223. The van der Waals surface area contributed by atoms with Gasteiger partial charge in [-0.15, -0.1) is 0 Å². The molecule has 0 saturated carbocycles. The molecule has 0 bridgehead atoms. The zero-order valence-electron chi connectivity index (χ0n) is 16.7. The first-order chi connectivity index (χ1) is 14.0. The molecular weight excluding hydrogens is 376 g/mol. The lowest BCUT2D eigenvalue weighted by Crippen LogP contribution is -2.19. The smallest absolute Gasteiger partial charge is 0.340 e. The number of para-hydroxylation sites is 1. The molecule has 4 aromatic rings. The van der Waals surface area contributed by atoms with Gasteiger partial charge in [0.1, 0.15) is 0 Å². The molecule has 2 aromatic carbocycles. The molecule has 0 fully saturated rings. The Balaban J connectivity index is 2.43. The number of hydrogen-bond acceptors (Lipinski definition) is 6. The summed E-state index contributed by atoms with van der Waals surface area (Å²) in [7, 11) is 5.75. The van der Waals surface area contributed by atoms with E-state index in [1.807, 2.05) is 12.1 Å². The highest BCUT2D eigenvalue weighted by molar-refractivity contribution is 6.09. The maximum Gasteiger partial charge on any atom is 0.340 e. The molecule has 150 valence electrons. The maximum absolute atomic E-state index is 13.3. The SMILES string of the molecule is COC(=O)c1c(C)n2c3ccccc3c(=O)n2c2cc(OC)c(OC)c(OC)c12. The summed E-state index contributed by atoms with van der Waals surface area (Å²) in [5, 5.41) is 0.935. The number of carbonyl (C=O) groups is 1. The summed E-state index contributed by atoms with van der Waals surface area (Å²) in [6, 6.07) is 8.87. The van der Waals surface area contributed by atoms with E-state index in [0.29, 0.717) is 39.0 Å². The average molecular weight is 396 g/mol. The number of aromatic nitrogens is 2. The van der Waals surface area contributed by atoms with Gasteiger partial charge >= 0.3 is 5.97 Å². The molecule has 0 aliphatic carbocycles. The zero-order valence-corrected chi connectivity index (χ0v) is 16.7. The Kier molecular flexibility index (Phi) is 4.34. The Bertz CT molecular complexity index is 1350. The summed E-state index contributed by atoms with van der Waals surface area (Å²) in [4.78, 5) is 26.1. The van der Waals surface area contributed by atoms with E-state index >= 15 is 0 Å². The molecular formula is C21H20N2O6. The van der Waals surface area contributed by atoms with Gasteiger partial charge < -0.3 is 18.9 Å². The monoisotopic (exact) mass is 396 g/mol. The van der Waals surface area contributed by atoms with Crippen LogP contribution in [0.15, 0.2) is 35.1 Å². The number of aryl methyl sites for hydroxylation is 1. The Hall–Kier alpha value is -3.68. The highest BCUT2D eigenvalue weighted by atomic mass is 16.5. The molecule has 0 aliphatic heterocycles. The van der Waals surface area contributed by atoms with Crippen LogP contribution >= 0.6 is 0 Å². The van der Waals surface area contributed by atoms with Crippen LogP contribution in [0, 0.1) is 6.92 Å². The largest absolute Gasteiger partial charge is 0.493 e. The van der Waals surface area contributed by atoms with E-state index in [0.717, 1.165) is 0 Å². The van der Waals surface area contributed by atoms with Crippen LogP contribution in [0.4, 0.5) is 0 Å². The van der Waals surface area contributed by atoms with E-state index < -0.39 is 5.97 Å². The van der Waals surface area contributed by atoms with Crippen molar-refractivity contribution in [2.75, 3.05) is 28.4 Å². The molecule has 0 saturated heterocycles.